The number of methoxy groups -OCH3 is 1. The summed E-state index contributed by atoms with van der Waals surface area (Å²) in [6.45, 7) is 0. The van der Waals surface area contributed by atoms with E-state index >= 15 is 0 Å². The number of hydrogen-bond donors (Lipinski definition) is 2. The van der Waals surface area contributed by atoms with Gasteiger partial charge in [0.15, 0.2) is 17.3 Å². The van der Waals surface area contributed by atoms with E-state index in [0.29, 0.717) is 35.1 Å². The van der Waals surface area contributed by atoms with Crippen molar-refractivity contribution in [2.45, 2.75) is 6.42 Å². The van der Waals surface area contributed by atoms with Crippen molar-refractivity contribution in [1.29, 1.82) is 0 Å². The van der Waals surface area contributed by atoms with E-state index in [-0.39, 0.29) is 0 Å². The molecule has 34 heavy (non-hydrogen) atoms. The molecule has 0 radical (unpaired) electrons. The monoisotopic (exact) mass is 474 g/mol. The van der Waals surface area contributed by atoms with Crippen LogP contribution in [0.5, 0.6) is 5.75 Å². The lowest BCUT2D eigenvalue weighted by Crippen LogP contribution is -2.09. The maximum absolute atomic E-state index is 11.6. The van der Waals surface area contributed by atoms with E-state index in [1.807, 2.05) is 54.6 Å². The van der Waals surface area contributed by atoms with E-state index in [0.717, 1.165) is 28.3 Å². The molecule has 5 rings (SSSR count). The van der Waals surface area contributed by atoms with Crippen molar-refractivity contribution in [3.63, 3.8) is 0 Å². The van der Waals surface area contributed by atoms with Crippen LogP contribution in [0, 0.1) is 0 Å². The van der Waals surface area contributed by atoms with Crippen LogP contribution in [-0.4, -0.2) is 41.6 Å². The van der Waals surface area contributed by atoms with Gasteiger partial charge in [-0.15, -0.1) is 15.3 Å². The summed E-state index contributed by atoms with van der Waals surface area (Å²) in [6, 6.07) is 22.6. The Morgan fingerprint density at radius 2 is 1.65 bits per heavy atom. The molecule has 2 aromatic heterocycles. The number of nitrogens with one attached hydrogen (secondary N) is 2. The molecule has 2 N–H and O–H groups in total. The van der Waals surface area contributed by atoms with Gasteiger partial charge < -0.3 is 10.1 Å². The number of benzene rings is 3. The van der Waals surface area contributed by atoms with Gasteiger partial charge in [-0.3, -0.25) is 4.72 Å². The van der Waals surface area contributed by atoms with Crippen molar-refractivity contribution >= 4 is 43.6 Å². The average molecular weight is 475 g/mol. The Morgan fingerprint density at radius 1 is 0.912 bits per heavy atom. The first kappa shape index (κ1) is 21.7. The predicted octanol–water partition coefficient (Wildman–Crippen LogP) is 3.99. The Balaban J connectivity index is 1.56. The SMILES string of the molecule is COc1ccc(Cc2nnc3c4ccccc4c(Nc4cccc(NS(C)(=O)=O)c4)nn23)cc1. The molecule has 0 unspecified atom stereocenters. The third-order valence-corrected chi connectivity index (χ3v) is 5.88. The highest BCUT2D eigenvalue weighted by Crippen LogP contribution is 2.28. The zero-order valence-electron chi connectivity index (χ0n) is 18.6. The topological polar surface area (TPSA) is 111 Å². The molecule has 0 aliphatic heterocycles. The summed E-state index contributed by atoms with van der Waals surface area (Å²) >= 11 is 0. The molecule has 0 bridgehead atoms. The lowest BCUT2D eigenvalue weighted by Gasteiger charge is -2.12. The van der Waals surface area contributed by atoms with Crippen LogP contribution in [0.15, 0.2) is 72.8 Å². The van der Waals surface area contributed by atoms with Crippen LogP contribution in [0.2, 0.25) is 0 Å². The van der Waals surface area contributed by atoms with Gasteiger partial charge in [-0.2, -0.15) is 4.52 Å². The fourth-order valence-electron chi connectivity index (χ4n) is 3.76. The minimum Gasteiger partial charge on any atom is -0.497 e. The van der Waals surface area contributed by atoms with Crippen LogP contribution in [-0.2, 0) is 16.4 Å². The van der Waals surface area contributed by atoms with Crippen molar-refractivity contribution in [3.05, 3.63) is 84.2 Å². The lowest BCUT2D eigenvalue weighted by atomic mass is 10.1. The smallest absolute Gasteiger partial charge is 0.229 e. The normalized spacial score (nSPS) is 11.6. The Labute approximate surface area is 196 Å². The van der Waals surface area contributed by atoms with E-state index < -0.39 is 10.0 Å². The number of nitrogens with zero attached hydrogens (tertiary/aromatic N) is 4. The van der Waals surface area contributed by atoms with E-state index in [2.05, 4.69) is 20.2 Å². The maximum atomic E-state index is 11.6. The van der Waals surface area contributed by atoms with Gasteiger partial charge in [-0.25, -0.2) is 8.42 Å². The average Bonchev–Trinajstić information content (AvgIpc) is 3.21. The fraction of sp³-hybridized carbons (Fsp3) is 0.125. The number of hydrogen-bond acceptors (Lipinski definition) is 7. The molecule has 0 spiro atoms. The standard InChI is InChI=1S/C24H22N6O3S/c1-33-19-12-10-16(11-13-19)14-22-26-27-24-21-9-4-3-8-20(21)23(28-30(22)24)25-17-6-5-7-18(15-17)29-34(2,31)32/h3-13,15,29H,14H2,1-2H3,(H,25,28). The summed E-state index contributed by atoms with van der Waals surface area (Å²) in [5.41, 5.74) is 2.87. The maximum Gasteiger partial charge on any atom is 0.229 e. The number of rotatable bonds is 7. The number of sulfonamides is 1. The largest absolute Gasteiger partial charge is 0.497 e. The van der Waals surface area contributed by atoms with Gasteiger partial charge in [0.25, 0.3) is 0 Å². The molecule has 0 saturated heterocycles. The van der Waals surface area contributed by atoms with Crippen molar-refractivity contribution in [2.24, 2.45) is 0 Å². The van der Waals surface area contributed by atoms with Crippen molar-refractivity contribution in [3.8, 4) is 5.75 Å². The third kappa shape index (κ3) is 4.48. The zero-order valence-corrected chi connectivity index (χ0v) is 19.4. The quantitative estimate of drug-likeness (QED) is 0.367. The summed E-state index contributed by atoms with van der Waals surface area (Å²) in [7, 11) is -1.75. The van der Waals surface area contributed by atoms with E-state index in [4.69, 9.17) is 9.84 Å². The Kier molecular flexibility index (Phi) is 5.50. The predicted molar refractivity (Wildman–Crippen MR) is 132 cm³/mol. The van der Waals surface area contributed by atoms with Crippen LogP contribution < -0.4 is 14.8 Å². The first-order valence-corrected chi connectivity index (χ1v) is 12.4. The van der Waals surface area contributed by atoms with Crippen molar-refractivity contribution in [2.75, 3.05) is 23.4 Å². The molecular weight excluding hydrogens is 452 g/mol. The second kappa shape index (κ2) is 8.64. The van der Waals surface area contributed by atoms with Crippen molar-refractivity contribution < 1.29 is 13.2 Å². The molecule has 0 saturated carbocycles. The summed E-state index contributed by atoms with van der Waals surface area (Å²) in [6.07, 6.45) is 1.66. The van der Waals surface area contributed by atoms with Gasteiger partial charge in [0.05, 0.1) is 19.1 Å². The van der Waals surface area contributed by atoms with Gasteiger partial charge >= 0.3 is 0 Å². The molecule has 2 heterocycles. The molecule has 0 aliphatic carbocycles. The molecule has 0 atom stereocenters. The minimum atomic E-state index is -3.38. The fourth-order valence-corrected chi connectivity index (χ4v) is 4.32. The Hall–Kier alpha value is -4.18. The van der Waals surface area contributed by atoms with E-state index in [1.54, 1.807) is 29.8 Å². The van der Waals surface area contributed by atoms with Crippen LogP contribution >= 0.6 is 0 Å². The minimum absolute atomic E-state index is 0.461. The van der Waals surface area contributed by atoms with Gasteiger partial charge in [0, 0.05) is 22.9 Å². The highest BCUT2D eigenvalue weighted by Gasteiger charge is 2.15. The van der Waals surface area contributed by atoms with Gasteiger partial charge in [0.1, 0.15) is 5.75 Å². The summed E-state index contributed by atoms with van der Waals surface area (Å²) < 4.78 is 32.7. The number of aromatic nitrogens is 4. The van der Waals surface area contributed by atoms with Gasteiger partial charge in [-0.1, -0.05) is 42.5 Å². The highest BCUT2D eigenvalue weighted by atomic mass is 32.2. The molecule has 0 amide bonds. The molecule has 0 aliphatic rings. The number of ether oxygens (including phenoxy) is 1. The first-order chi connectivity index (χ1) is 16.4. The molecule has 0 fully saturated rings. The number of anilines is 3. The molecule has 3 aromatic carbocycles. The second-order valence-electron chi connectivity index (χ2n) is 7.85. The molecule has 9 nitrogen and oxygen atoms in total. The van der Waals surface area contributed by atoms with Crippen LogP contribution in [0.1, 0.15) is 11.4 Å². The summed E-state index contributed by atoms with van der Waals surface area (Å²) in [5, 5.41) is 18.7. The second-order valence-corrected chi connectivity index (χ2v) is 9.60. The molecule has 172 valence electrons. The summed E-state index contributed by atoms with van der Waals surface area (Å²) in [5.74, 6) is 2.09. The van der Waals surface area contributed by atoms with Crippen LogP contribution in [0.3, 0.4) is 0 Å². The highest BCUT2D eigenvalue weighted by molar-refractivity contribution is 7.92. The Morgan fingerprint density at radius 3 is 2.38 bits per heavy atom. The van der Waals surface area contributed by atoms with E-state index in [9.17, 15) is 8.42 Å². The zero-order chi connectivity index (χ0) is 23.7. The van der Waals surface area contributed by atoms with Crippen LogP contribution in [0.25, 0.3) is 16.4 Å². The molecule has 5 aromatic rings. The third-order valence-electron chi connectivity index (χ3n) is 5.28. The molecule has 10 heteroatoms. The Bertz CT molecular complexity index is 1600. The molecular formula is C24H22N6O3S. The van der Waals surface area contributed by atoms with Crippen LogP contribution in [0.4, 0.5) is 17.2 Å². The number of fused-ring (bicyclic) bond motifs is 3. The van der Waals surface area contributed by atoms with Gasteiger partial charge in [0.2, 0.25) is 10.0 Å². The van der Waals surface area contributed by atoms with Crippen molar-refractivity contribution in [1.82, 2.24) is 19.8 Å². The van der Waals surface area contributed by atoms with E-state index in [1.165, 1.54) is 0 Å². The van der Waals surface area contributed by atoms with Gasteiger partial charge in [-0.05, 0) is 35.9 Å². The summed E-state index contributed by atoms with van der Waals surface area (Å²) in [4.78, 5) is 0. The first-order valence-electron chi connectivity index (χ1n) is 10.5. The lowest BCUT2D eigenvalue weighted by molar-refractivity contribution is 0.414.